The molecule has 1 aromatic rings. The topological polar surface area (TPSA) is 55.0 Å². The van der Waals surface area contributed by atoms with Crippen LogP contribution in [0.15, 0.2) is 10.9 Å². The van der Waals surface area contributed by atoms with Gasteiger partial charge in [0.15, 0.2) is 0 Å². The van der Waals surface area contributed by atoms with E-state index in [0.29, 0.717) is 12.5 Å². The summed E-state index contributed by atoms with van der Waals surface area (Å²) in [7, 11) is 0. The molecule has 1 aromatic heterocycles. The van der Waals surface area contributed by atoms with Gasteiger partial charge in [0.1, 0.15) is 0 Å². The van der Waals surface area contributed by atoms with Crippen LogP contribution in [0.4, 0.5) is 0 Å². The Kier molecular flexibility index (Phi) is 2.25. The lowest BCUT2D eigenvalue weighted by molar-refractivity contribution is 0.319. The van der Waals surface area contributed by atoms with E-state index >= 15 is 0 Å². The van der Waals surface area contributed by atoms with Gasteiger partial charge >= 0.3 is 0 Å². The van der Waals surface area contributed by atoms with E-state index < -0.39 is 0 Å². The van der Waals surface area contributed by atoms with Crippen LogP contribution in [0.2, 0.25) is 0 Å². The molecule has 0 amide bonds. The third-order valence-electron chi connectivity index (χ3n) is 1.23. The van der Waals surface area contributed by atoms with Crippen molar-refractivity contribution in [1.29, 1.82) is 0 Å². The molecule has 0 saturated heterocycles. The molecule has 1 heterocycles. The molecule has 11 heavy (non-hydrogen) atoms. The summed E-state index contributed by atoms with van der Waals surface area (Å²) in [5.74, 6) is 0.493. The minimum Gasteiger partial charge on any atom is -0.477 e. The van der Waals surface area contributed by atoms with Crippen LogP contribution >= 0.6 is 0 Å². The fourth-order valence-corrected chi connectivity index (χ4v) is 0.768. The zero-order chi connectivity index (χ0) is 8.27. The number of hydrogen-bond donors (Lipinski definition) is 1. The van der Waals surface area contributed by atoms with Crippen molar-refractivity contribution in [2.45, 2.75) is 13.8 Å². The van der Waals surface area contributed by atoms with Gasteiger partial charge < -0.3 is 4.74 Å². The highest BCUT2D eigenvalue weighted by Gasteiger charge is 1.98. The van der Waals surface area contributed by atoms with Gasteiger partial charge in [-0.25, -0.2) is 5.10 Å². The van der Waals surface area contributed by atoms with Gasteiger partial charge in [0.05, 0.1) is 6.61 Å². The van der Waals surface area contributed by atoms with Crippen LogP contribution in [-0.2, 0) is 0 Å². The normalized spacial score (nSPS) is 9.64. The van der Waals surface area contributed by atoms with Gasteiger partial charge in [-0.15, -0.1) is 5.10 Å². The van der Waals surface area contributed by atoms with Gasteiger partial charge in [0, 0.05) is 11.6 Å². The Morgan fingerprint density at radius 2 is 2.45 bits per heavy atom. The van der Waals surface area contributed by atoms with Crippen molar-refractivity contribution in [1.82, 2.24) is 10.2 Å². The molecule has 4 heteroatoms. The summed E-state index contributed by atoms with van der Waals surface area (Å²) in [6, 6.07) is 1.46. The molecule has 0 aliphatic rings. The van der Waals surface area contributed by atoms with Crippen molar-refractivity contribution in [3.63, 3.8) is 0 Å². The second-order valence-electron chi connectivity index (χ2n) is 2.15. The second kappa shape index (κ2) is 3.18. The molecule has 0 unspecified atom stereocenters. The van der Waals surface area contributed by atoms with Crippen LogP contribution in [0.5, 0.6) is 5.88 Å². The third kappa shape index (κ3) is 1.80. The molecule has 1 rings (SSSR count). The van der Waals surface area contributed by atoms with Crippen LogP contribution in [0.25, 0.3) is 0 Å². The lowest BCUT2D eigenvalue weighted by Crippen LogP contribution is -2.09. The average Bonchev–Trinajstić information content (AvgIpc) is 1.95. The number of aromatic amines is 1. The van der Waals surface area contributed by atoms with Crippen LogP contribution < -0.4 is 10.3 Å². The maximum Gasteiger partial charge on any atom is 0.264 e. The smallest absolute Gasteiger partial charge is 0.264 e. The van der Waals surface area contributed by atoms with Gasteiger partial charge in [-0.05, 0) is 13.8 Å². The van der Waals surface area contributed by atoms with Gasteiger partial charge in [-0.1, -0.05) is 0 Å². The number of rotatable bonds is 2. The summed E-state index contributed by atoms with van der Waals surface area (Å²) in [6.07, 6.45) is 0. The zero-order valence-corrected chi connectivity index (χ0v) is 6.55. The van der Waals surface area contributed by atoms with E-state index in [4.69, 9.17) is 4.74 Å². The predicted octanol–water partition coefficient (Wildman–Crippen LogP) is 0.477. The summed E-state index contributed by atoms with van der Waals surface area (Å²) < 4.78 is 5.11. The second-order valence-corrected chi connectivity index (χ2v) is 2.15. The predicted molar refractivity (Wildman–Crippen MR) is 40.8 cm³/mol. The fourth-order valence-electron chi connectivity index (χ4n) is 0.768. The first-order chi connectivity index (χ1) is 5.24. The Hall–Kier alpha value is -1.32. The van der Waals surface area contributed by atoms with Crippen molar-refractivity contribution < 1.29 is 4.74 Å². The SMILES string of the molecule is CCOc1n[nH]c(=O)cc1C. The minimum atomic E-state index is -0.203. The molecular formula is C7H10N2O2. The first-order valence-corrected chi connectivity index (χ1v) is 3.43. The number of hydrogen-bond acceptors (Lipinski definition) is 3. The van der Waals surface area contributed by atoms with E-state index in [0.717, 1.165) is 5.56 Å². The molecule has 0 fully saturated rings. The maximum atomic E-state index is 10.7. The Morgan fingerprint density at radius 1 is 1.73 bits per heavy atom. The van der Waals surface area contributed by atoms with E-state index in [1.807, 2.05) is 6.92 Å². The van der Waals surface area contributed by atoms with Crippen molar-refractivity contribution in [2.75, 3.05) is 6.61 Å². The molecule has 0 aliphatic heterocycles. The minimum absolute atomic E-state index is 0.203. The number of aromatic nitrogens is 2. The van der Waals surface area contributed by atoms with Crippen LogP contribution in [0.1, 0.15) is 12.5 Å². The molecule has 0 saturated carbocycles. The average molecular weight is 154 g/mol. The molecule has 4 nitrogen and oxygen atoms in total. The molecule has 0 atom stereocenters. The van der Waals surface area contributed by atoms with E-state index in [1.165, 1.54) is 6.07 Å². The monoisotopic (exact) mass is 154 g/mol. The maximum absolute atomic E-state index is 10.7. The van der Waals surface area contributed by atoms with Crippen LogP contribution in [0.3, 0.4) is 0 Å². The fraction of sp³-hybridized carbons (Fsp3) is 0.429. The van der Waals surface area contributed by atoms with Gasteiger partial charge in [-0.2, -0.15) is 0 Å². The van der Waals surface area contributed by atoms with E-state index in [9.17, 15) is 4.79 Å². The van der Waals surface area contributed by atoms with E-state index in [-0.39, 0.29) is 5.56 Å². The molecule has 0 spiro atoms. The molecule has 1 N–H and O–H groups in total. The van der Waals surface area contributed by atoms with Crippen LogP contribution in [0, 0.1) is 6.92 Å². The molecule has 0 aromatic carbocycles. The standard InChI is InChI=1S/C7H10N2O2/c1-3-11-7-5(2)4-6(10)8-9-7/h4H,3H2,1-2H3,(H,8,10). The summed E-state index contributed by atoms with van der Waals surface area (Å²) in [5, 5.41) is 6.00. The van der Waals surface area contributed by atoms with Crippen LogP contribution in [-0.4, -0.2) is 16.8 Å². The summed E-state index contributed by atoms with van der Waals surface area (Å²) >= 11 is 0. The zero-order valence-electron chi connectivity index (χ0n) is 6.55. The lowest BCUT2D eigenvalue weighted by Gasteiger charge is -2.02. The first kappa shape index (κ1) is 7.78. The van der Waals surface area contributed by atoms with Crippen molar-refractivity contribution in [3.05, 3.63) is 22.0 Å². The highest BCUT2D eigenvalue weighted by atomic mass is 16.5. The van der Waals surface area contributed by atoms with E-state index in [2.05, 4.69) is 10.2 Å². The number of aryl methyl sites for hydroxylation is 1. The summed E-state index contributed by atoms with van der Waals surface area (Å²) in [5.41, 5.74) is 0.557. The largest absolute Gasteiger partial charge is 0.477 e. The lowest BCUT2D eigenvalue weighted by atomic mass is 10.3. The third-order valence-corrected chi connectivity index (χ3v) is 1.23. The quantitative estimate of drug-likeness (QED) is 0.674. The Morgan fingerprint density at radius 3 is 3.00 bits per heavy atom. The van der Waals surface area contributed by atoms with E-state index in [1.54, 1.807) is 6.92 Å². The first-order valence-electron chi connectivity index (χ1n) is 3.43. The molecular weight excluding hydrogens is 144 g/mol. The van der Waals surface area contributed by atoms with Crippen molar-refractivity contribution >= 4 is 0 Å². The Balaban J connectivity index is 2.99. The van der Waals surface area contributed by atoms with Gasteiger partial charge in [-0.3, -0.25) is 4.79 Å². The highest BCUT2D eigenvalue weighted by Crippen LogP contribution is 2.07. The summed E-state index contributed by atoms with van der Waals surface area (Å²) in [6.45, 7) is 4.21. The molecule has 0 radical (unpaired) electrons. The number of nitrogens with zero attached hydrogens (tertiary/aromatic N) is 1. The Bertz CT molecular complexity index is 293. The molecule has 0 bridgehead atoms. The van der Waals surface area contributed by atoms with Crippen molar-refractivity contribution in [2.24, 2.45) is 0 Å². The van der Waals surface area contributed by atoms with Gasteiger partial charge in [0.25, 0.3) is 5.56 Å². The number of ether oxygens (including phenoxy) is 1. The number of H-pyrrole nitrogens is 1. The highest BCUT2D eigenvalue weighted by molar-refractivity contribution is 5.20. The van der Waals surface area contributed by atoms with Crippen molar-refractivity contribution in [3.8, 4) is 5.88 Å². The molecule has 60 valence electrons. The molecule has 0 aliphatic carbocycles. The number of nitrogens with one attached hydrogen (secondary N) is 1. The van der Waals surface area contributed by atoms with Gasteiger partial charge in [0.2, 0.25) is 5.88 Å². The summed E-state index contributed by atoms with van der Waals surface area (Å²) in [4.78, 5) is 10.7. The Labute approximate surface area is 64.2 Å².